The summed E-state index contributed by atoms with van der Waals surface area (Å²) in [5.41, 5.74) is 31.2. The van der Waals surface area contributed by atoms with E-state index in [0.29, 0.717) is 0 Å². The molecule has 4 rings (SSSR count). The predicted octanol–water partition coefficient (Wildman–Crippen LogP) is 5.15. The molecule has 31 heavy (non-hydrogen) atoms. The first-order chi connectivity index (χ1) is 14.9. The van der Waals surface area contributed by atoms with E-state index in [1.165, 1.54) is 0 Å². The Morgan fingerprint density at radius 3 is 1.00 bits per heavy atom. The summed E-state index contributed by atoms with van der Waals surface area (Å²) in [4.78, 5) is 0. The fourth-order valence-corrected chi connectivity index (χ4v) is 4.39. The zero-order chi connectivity index (χ0) is 22.0. The van der Waals surface area contributed by atoms with Gasteiger partial charge in [0.15, 0.2) is 0 Å². The van der Waals surface area contributed by atoms with E-state index in [2.05, 4.69) is 55.5 Å². The SMILES string of the molecule is CC(c1ccc(N)cc1)(c1ccc(N)cc1)C(c1ccc(N)cc1)c1ccc(N)cc1. The molecule has 0 aromatic heterocycles. The van der Waals surface area contributed by atoms with Crippen molar-refractivity contribution in [3.63, 3.8) is 0 Å². The van der Waals surface area contributed by atoms with Crippen molar-refractivity contribution in [2.24, 2.45) is 0 Å². The van der Waals surface area contributed by atoms with Crippen LogP contribution in [-0.4, -0.2) is 0 Å². The maximum absolute atomic E-state index is 6.02. The summed E-state index contributed by atoms with van der Waals surface area (Å²) in [5, 5.41) is 0. The molecule has 0 atom stereocenters. The fourth-order valence-electron chi connectivity index (χ4n) is 4.39. The second-order valence-electron chi connectivity index (χ2n) is 8.21. The Morgan fingerprint density at radius 2 is 0.710 bits per heavy atom. The van der Waals surface area contributed by atoms with Crippen LogP contribution >= 0.6 is 0 Å². The van der Waals surface area contributed by atoms with Crippen LogP contribution in [0.15, 0.2) is 97.1 Å². The van der Waals surface area contributed by atoms with Crippen molar-refractivity contribution in [3.05, 3.63) is 119 Å². The van der Waals surface area contributed by atoms with Crippen molar-refractivity contribution in [1.29, 1.82) is 0 Å². The van der Waals surface area contributed by atoms with Gasteiger partial charge in [-0.1, -0.05) is 55.5 Å². The molecule has 0 unspecified atom stereocenters. The second-order valence-corrected chi connectivity index (χ2v) is 8.21. The van der Waals surface area contributed by atoms with Gasteiger partial charge < -0.3 is 22.9 Å². The Kier molecular flexibility index (Phi) is 5.30. The molecule has 0 fully saturated rings. The van der Waals surface area contributed by atoms with Crippen molar-refractivity contribution in [2.45, 2.75) is 18.3 Å². The van der Waals surface area contributed by atoms with Gasteiger partial charge in [0, 0.05) is 34.1 Å². The summed E-state index contributed by atoms with van der Waals surface area (Å²) >= 11 is 0. The summed E-state index contributed by atoms with van der Waals surface area (Å²) in [6.07, 6.45) is 0. The van der Waals surface area contributed by atoms with Crippen molar-refractivity contribution in [1.82, 2.24) is 0 Å². The lowest BCUT2D eigenvalue weighted by molar-refractivity contribution is 0.498. The molecular weight excluding hydrogens is 380 g/mol. The summed E-state index contributed by atoms with van der Waals surface area (Å²) in [7, 11) is 0. The molecule has 0 aliphatic rings. The van der Waals surface area contributed by atoms with E-state index in [1.54, 1.807) is 0 Å². The minimum atomic E-state index is -0.409. The lowest BCUT2D eigenvalue weighted by Crippen LogP contribution is -2.33. The molecule has 0 saturated carbocycles. The Morgan fingerprint density at radius 1 is 0.452 bits per heavy atom. The third-order valence-electron chi connectivity index (χ3n) is 6.14. The molecule has 0 heterocycles. The molecule has 0 spiro atoms. The van der Waals surface area contributed by atoms with Gasteiger partial charge in [-0.15, -0.1) is 0 Å². The maximum Gasteiger partial charge on any atom is 0.0314 e. The van der Waals surface area contributed by atoms with Crippen LogP contribution in [0.5, 0.6) is 0 Å². The third kappa shape index (κ3) is 3.92. The first-order valence-electron chi connectivity index (χ1n) is 10.3. The van der Waals surface area contributed by atoms with Gasteiger partial charge in [-0.05, 0) is 70.8 Å². The van der Waals surface area contributed by atoms with Gasteiger partial charge in [0.1, 0.15) is 0 Å². The van der Waals surface area contributed by atoms with Crippen LogP contribution < -0.4 is 22.9 Å². The Balaban J connectivity index is 2.01. The van der Waals surface area contributed by atoms with Crippen LogP contribution in [0.2, 0.25) is 0 Å². The molecular formula is C27H28N4. The molecule has 4 aromatic carbocycles. The van der Waals surface area contributed by atoms with E-state index in [9.17, 15) is 0 Å². The van der Waals surface area contributed by atoms with Gasteiger partial charge in [0.2, 0.25) is 0 Å². The maximum atomic E-state index is 6.02. The van der Waals surface area contributed by atoms with E-state index in [4.69, 9.17) is 22.9 Å². The number of nitrogen functional groups attached to an aromatic ring is 4. The van der Waals surface area contributed by atoms with Gasteiger partial charge in [0.25, 0.3) is 0 Å². The lowest BCUT2D eigenvalue weighted by Gasteiger charge is -2.40. The molecule has 0 radical (unpaired) electrons. The van der Waals surface area contributed by atoms with Crippen LogP contribution in [0.25, 0.3) is 0 Å². The van der Waals surface area contributed by atoms with Crippen molar-refractivity contribution < 1.29 is 0 Å². The molecule has 8 N–H and O–H groups in total. The minimum absolute atomic E-state index is 0.000879. The van der Waals surface area contributed by atoms with Gasteiger partial charge >= 0.3 is 0 Å². The van der Waals surface area contributed by atoms with Crippen LogP contribution in [-0.2, 0) is 5.41 Å². The highest BCUT2D eigenvalue weighted by molar-refractivity contribution is 5.55. The van der Waals surface area contributed by atoms with E-state index < -0.39 is 5.41 Å². The molecule has 0 saturated heterocycles. The monoisotopic (exact) mass is 408 g/mol. The average Bonchev–Trinajstić information content (AvgIpc) is 2.77. The molecule has 156 valence electrons. The van der Waals surface area contributed by atoms with Crippen molar-refractivity contribution in [2.75, 3.05) is 22.9 Å². The van der Waals surface area contributed by atoms with Gasteiger partial charge in [-0.3, -0.25) is 0 Å². The molecule has 4 aromatic rings. The summed E-state index contributed by atoms with van der Waals surface area (Å²) in [5.74, 6) is 0.000879. The van der Waals surface area contributed by atoms with Gasteiger partial charge in [-0.25, -0.2) is 0 Å². The van der Waals surface area contributed by atoms with Crippen LogP contribution in [0.1, 0.15) is 35.1 Å². The highest BCUT2D eigenvalue weighted by atomic mass is 14.6. The summed E-state index contributed by atoms with van der Waals surface area (Å²) < 4.78 is 0. The molecule has 0 aliphatic heterocycles. The number of benzene rings is 4. The topological polar surface area (TPSA) is 104 Å². The first-order valence-corrected chi connectivity index (χ1v) is 10.3. The van der Waals surface area contributed by atoms with Crippen LogP contribution in [0.4, 0.5) is 22.7 Å². The summed E-state index contributed by atoms with van der Waals surface area (Å²) in [6.45, 7) is 2.27. The van der Waals surface area contributed by atoms with Gasteiger partial charge in [-0.2, -0.15) is 0 Å². The Bertz CT molecular complexity index is 1060. The minimum Gasteiger partial charge on any atom is -0.399 e. The Labute approximate surface area is 183 Å². The van der Waals surface area contributed by atoms with E-state index in [1.807, 2.05) is 48.5 Å². The van der Waals surface area contributed by atoms with E-state index >= 15 is 0 Å². The van der Waals surface area contributed by atoms with Crippen LogP contribution in [0.3, 0.4) is 0 Å². The second kappa shape index (κ2) is 8.07. The largest absolute Gasteiger partial charge is 0.399 e. The molecule has 4 nitrogen and oxygen atoms in total. The summed E-state index contributed by atoms with van der Waals surface area (Å²) in [6, 6.07) is 32.4. The van der Waals surface area contributed by atoms with Crippen molar-refractivity contribution >= 4 is 22.7 Å². The predicted molar refractivity (Wildman–Crippen MR) is 132 cm³/mol. The smallest absolute Gasteiger partial charge is 0.0314 e. The zero-order valence-electron chi connectivity index (χ0n) is 17.6. The normalized spacial score (nSPS) is 11.5. The first kappa shape index (κ1) is 20.4. The molecule has 0 aliphatic carbocycles. The molecule has 0 amide bonds. The number of nitrogens with two attached hydrogens (primary N) is 4. The zero-order valence-corrected chi connectivity index (χ0v) is 17.6. The number of hydrogen-bond donors (Lipinski definition) is 4. The Hall–Kier alpha value is -3.92. The van der Waals surface area contributed by atoms with E-state index in [0.717, 1.165) is 45.0 Å². The average molecular weight is 409 g/mol. The number of rotatable bonds is 5. The number of anilines is 4. The highest BCUT2D eigenvalue weighted by Gasteiger charge is 2.39. The quantitative estimate of drug-likeness (QED) is 0.343. The molecule has 4 heteroatoms. The third-order valence-corrected chi connectivity index (χ3v) is 6.14. The lowest BCUT2D eigenvalue weighted by atomic mass is 9.62. The van der Waals surface area contributed by atoms with Gasteiger partial charge in [0.05, 0.1) is 0 Å². The molecule has 0 bridgehead atoms. The van der Waals surface area contributed by atoms with Crippen molar-refractivity contribution in [3.8, 4) is 0 Å². The van der Waals surface area contributed by atoms with Crippen LogP contribution in [0, 0.1) is 0 Å². The number of hydrogen-bond acceptors (Lipinski definition) is 4. The highest BCUT2D eigenvalue weighted by Crippen LogP contribution is 2.48. The standard InChI is InChI=1S/C27H28N4/c1-27(20-6-14-24(30)15-7-20,21-8-16-25(31)17-9-21)26(18-2-10-22(28)11-3-18)19-4-12-23(29)13-5-19/h2-17,26H,28-31H2,1H3. The van der Waals surface area contributed by atoms with E-state index in [-0.39, 0.29) is 5.92 Å². The fraction of sp³-hybridized carbons (Fsp3) is 0.111.